The Bertz CT molecular complexity index is 1030. The Morgan fingerprint density at radius 2 is 2.08 bits per heavy atom. The van der Waals surface area contributed by atoms with Gasteiger partial charge in [0.1, 0.15) is 22.3 Å². The van der Waals surface area contributed by atoms with Crippen molar-refractivity contribution in [3.8, 4) is 16.9 Å². The van der Waals surface area contributed by atoms with Crippen LogP contribution in [-0.4, -0.2) is 17.7 Å². The van der Waals surface area contributed by atoms with Crippen LogP contribution in [-0.2, 0) is 6.42 Å². The highest BCUT2D eigenvalue weighted by Gasteiger charge is 2.24. The molecule has 1 N–H and O–H groups in total. The first-order valence-electron chi connectivity index (χ1n) is 8.35. The molecule has 0 amide bonds. The molecule has 2 heterocycles. The quantitative estimate of drug-likeness (QED) is 0.644. The van der Waals surface area contributed by atoms with Crippen molar-refractivity contribution in [3.05, 3.63) is 52.4 Å². The number of carbonyl (C=O) groups is 1. The van der Waals surface area contributed by atoms with E-state index >= 15 is 0 Å². The maximum atomic E-state index is 14.9. The molecule has 134 valence electrons. The van der Waals surface area contributed by atoms with Crippen molar-refractivity contribution in [2.24, 2.45) is 5.92 Å². The van der Waals surface area contributed by atoms with Crippen LogP contribution in [0.3, 0.4) is 0 Å². The number of carboxylic acid groups (broad SMARTS) is 1. The van der Waals surface area contributed by atoms with Crippen LogP contribution in [0.25, 0.3) is 21.2 Å². The zero-order valence-corrected chi connectivity index (χ0v) is 14.8. The van der Waals surface area contributed by atoms with Gasteiger partial charge in [-0.1, -0.05) is 6.92 Å². The second-order valence-electron chi connectivity index (χ2n) is 6.65. The molecule has 1 aliphatic rings. The summed E-state index contributed by atoms with van der Waals surface area (Å²) in [6.07, 6.45) is 1.66. The van der Waals surface area contributed by atoms with Crippen molar-refractivity contribution in [2.75, 3.05) is 6.61 Å². The summed E-state index contributed by atoms with van der Waals surface area (Å²) in [5.41, 5.74) is 1.39. The molecular weight excluding hydrogens is 358 g/mol. The highest BCUT2D eigenvalue weighted by atomic mass is 32.1. The molecule has 1 aromatic heterocycles. The van der Waals surface area contributed by atoms with Gasteiger partial charge in [-0.3, -0.25) is 0 Å². The fraction of sp³-hybridized carbons (Fsp3) is 0.250. The zero-order chi connectivity index (χ0) is 18.4. The fourth-order valence-corrected chi connectivity index (χ4v) is 4.41. The highest BCUT2D eigenvalue weighted by Crippen LogP contribution is 2.42. The Kier molecular flexibility index (Phi) is 4.15. The first-order chi connectivity index (χ1) is 12.4. The SMILES string of the molecule is C[C@@H]1CCc2cc(-c3c(C(=O)O)sc4cc(F)ccc34)c(F)cc2OC1. The maximum absolute atomic E-state index is 14.9. The van der Waals surface area contributed by atoms with E-state index in [1.165, 1.54) is 24.3 Å². The summed E-state index contributed by atoms with van der Waals surface area (Å²) >= 11 is 0.954. The molecule has 0 bridgehead atoms. The molecule has 0 spiro atoms. The number of aromatic carboxylic acids is 1. The third-order valence-electron chi connectivity index (χ3n) is 4.70. The van der Waals surface area contributed by atoms with Gasteiger partial charge in [-0.2, -0.15) is 0 Å². The van der Waals surface area contributed by atoms with Crippen LogP contribution in [0, 0.1) is 17.6 Å². The second-order valence-corrected chi connectivity index (χ2v) is 7.70. The molecule has 0 unspecified atom stereocenters. The number of fused-ring (bicyclic) bond motifs is 2. The van der Waals surface area contributed by atoms with Gasteiger partial charge in [0.25, 0.3) is 0 Å². The molecule has 1 aliphatic heterocycles. The average Bonchev–Trinajstić information content (AvgIpc) is 2.87. The van der Waals surface area contributed by atoms with E-state index in [-0.39, 0.29) is 10.4 Å². The molecule has 6 heteroatoms. The molecule has 0 radical (unpaired) electrons. The van der Waals surface area contributed by atoms with Gasteiger partial charge >= 0.3 is 5.97 Å². The molecule has 0 fully saturated rings. The van der Waals surface area contributed by atoms with E-state index in [0.29, 0.717) is 33.9 Å². The Labute approximate surface area is 152 Å². The monoisotopic (exact) mass is 374 g/mol. The summed E-state index contributed by atoms with van der Waals surface area (Å²) < 4.78 is 34.6. The van der Waals surface area contributed by atoms with E-state index in [4.69, 9.17) is 4.74 Å². The lowest BCUT2D eigenvalue weighted by molar-refractivity contribution is 0.0703. The minimum Gasteiger partial charge on any atom is -0.493 e. The zero-order valence-electron chi connectivity index (χ0n) is 14.0. The van der Waals surface area contributed by atoms with Crippen LogP contribution in [0.4, 0.5) is 8.78 Å². The molecule has 2 aromatic carbocycles. The smallest absolute Gasteiger partial charge is 0.346 e. The molecule has 1 atom stereocenters. The lowest BCUT2D eigenvalue weighted by Crippen LogP contribution is -2.05. The number of benzene rings is 2. The van der Waals surface area contributed by atoms with Crippen LogP contribution in [0.15, 0.2) is 30.3 Å². The predicted octanol–water partition coefficient (Wildman–Crippen LogP) is 5.51. The van der Waals surface area contributed by atoms with Crippen molar-refractivity contribution in [1.82, 2.24) is 0 Å². The van der Waals surface area contributed by atoms with Crippen molar-refractivity contribution in [2.45, 2.75) is 19.8 Å². The maximum Gasteiger partial charge on any atom is 0.346 e. The van der Waals surface area contributed by atoms with Crippen LogP contribution >= 0.6 is 11.3 Å². The van der Waals surface area contributed by atoms with Gasteiger partial charge in [0.15, 0.2) is 0 Å². The van der Waals surface area contributed by atoms with Crippen molar-refractivity contribution in [1.29, 1.82) is 0 Å². The summed E-state index contributed by atoms with van der Waals surface area (Å²) in [6, 6.07) is 7.06. The van der Waals surface area contributed by atoms with E-state index in [1.807, 2.05) is 0 Å². The molecule has 0 aliphatic carbocycles. The van der Waals surface area contributed by atoms with E-state index in [9.17, 15) is 18.7 Å². The van der Waals surface area contributed by atoms with Gasteiger partial charge in [-0.05, 0) is 48.6 Å². The summed E-state index contributed by atoms with van der Waals surface area (Å²) in [6.45, 7) is 2.61. The summed E-state index contributed by atoms with van der Waals surface area (Å²) in [5, 5.41) is 10.1. The van der Waals surface area contributed by atoms with Gasteiger partial charge in [0.05, 0.1) is 6.61 Å². The second kappa shape index (κ2) is 6.36. The third kappa shape index (κ3) is 2.84. The Balaban J connectivity index is 1.96. The van der Waals surface area contributed by atoms with Crippen LogP contribution in [0.2, 0.25) is 0 Å². The minimum atomic E-state index is -1.15. The molecule has 0 saturated heterocycles. The Morgan fingerprint density at radius 3 is 2.85 bits per heavy atom. The predicted molar refractivity (Wildman–Crippen MR) is 97.1 cm³/mol. The topological polar surface area (TPSA) is 46.5 Å². The number of thiophene rings is 1. The van der Waals surface area contributed by atoms with Crippen LogP contribution in [0.5, 0.6) is 5.75 Å². The van der Waals surface area contributed by atoms with E-state index in [1.54, 1.807) is 6.07 Å². The van der Waals surface area contributed by atoms with Gasteiger partial charge in [0.2, 0.25) is 0 Å². The molecule has 0 saturated carbocycles. The van der Waals surface area contributed by atoms with Gasteiger partial charge in [0, 0.05) is 27.3 Å². The minimum absolute atomic E-state index is 0.00681. The van der Waals surface area contributed by atoms with Gasteiger partial charge in [-0.25, -0.2) is 13.6 Å². The number of ether oxygens (including phenoxy) is 1. The highest BCUT2D eigenvalue weighted by molar-refractivity contribution is 7.21. The molecule has 26 heavy (non-hydrogen) atoms. The lowest BCUT2D eigenvalue weighted by Gasteiger charge is -2.12. The number of hydrogen-bond donors (Lipinski definition) is 1. The first kappa shape index (κ1) is 17.0. The fourth-order valence-electron chi connectivity index (χ4n) is 3.33. The van der Waals surface area contributed by atoms with Crippen molar-refractivity contribution < 1.29 is 23.4 Å². The van der Waals surface area contributed by atoms with E-state index in [2.05, 4.69) is 6.92 Å². The van der Waals surface area contributed by atoms with Crippen LogP contribution in [0.1, 0.15) is 28.6 Å². The van der Waals surface area contributed by atoms with Crippen molar-refractivity contribution >= 4 is 27.4 Å². The number of aryl methyl sites for hydroxylation is 1. The molecule has 4 rings (SSSR count). The first-order valence-corrected chi connectivity index (χ1v) is 9.16. The standard InChI is InChI=1S/C20H16F2O3S/c1-10-2-3-11-6-14(15(22)8-16(11)25-9-10)18-13-5-4-12(21)7-17(13)26-19(18)20(23)24/h4-8,10H,2-3,9H2,1H3,(H,23,24)/t10-/m1/s1. The third-order valence-corrected chi connectivity index (χ3v) is 5.84. The number of hydrogen-bond acceptors (Lipinski definition) is 3. The van der Waals surface area contributed by atoms with Gasteiger partial charge < -0.3 is 9.84 Å². The molecular formula is C20H16F2O3S. The lowest BCUT2D eigenvalue weighted by atomic mass is 9.96. The van der Waals surface area contributed by atoms with Gasteiger partial charge in [-0.15, -0.1) is 11.3 Å². The number of halogens is 2. The normalized spacial score (nSPS) is 16.8. The number of carboxylic acids is 1. The van der Waals surface area contributed by atoms with Crippen LogP contribution < -0.4 is 4.74 Å². The Hall–Kier alpha value is -2.47. The molecule has 3 nitrogen and oxygen atoms in total. The molecule has 3 aromatic rings. The Morgan fingerprint density at radius 1 is 1.27 bits per heavy atom. The average molecular weight is 374 g/mol. The number of rotatable bonds is 2. The van der Waals surface area contributed by atoms with E-state index < -0.39 is 17.6 Å². The largest absolute Gasteiger partial charge is 0.493 e. The summed E-state index contributed by atoms with van der Waals surface area (Å²) in [7, 11) is 0. The van der Waals surface area contributed by atoms with Crippen molar-refractivity contribution in [3.63, 3.8) is 0 Å². The van der Waals surface area contributed by atoms with E-state index in [0.717, 1.165) is 29.7 Å². The summed E-state index contributed by atoms with van der Waals surface area (Å²) in [5.74, 6) is -1.26. The summed E-state index contributed by atoms with van der Waals surface area (Å²) in [4.78, 5) is 11.7.